The number of aromatic nitrogens is 4. The average molecular weight is 449 g/mol. The highest BCUT2D eigenvalue weighted by Crippen LogP contribution is 2.37. The smallest absolute Gasteiger partial charge is 0.346 e. The zero-order valence-electron chi connectivity index (χ0n) is 17.6. The summed E-state index contributed by atoms with van der Waals surface area (Å²) in [6, 6.07) is 1.80. The first-order valence-electron chi connectivity index (χ1n) is 11.2. The van der Waals surface area contributed by atoms with Crippen molar-refractivity contribution in [3.05, 3.63) is 39.3 Å². The van der Waals surface area contributed by atoms with Gasteiger partial charge in [0.05, 0.1) is 16.8 Å². The van der Waals surface area contributed by atoms with Crippen LogP contribution < -0.4 is 11.2 Å². The van der Waals surface area contributed by atoms with Gasteiger partial charge in [-0.15, -0.1) is 0 Å². The van der Waals surface area contributed by atoms with E-state index in [1.807, 2.05) is 6.07 Å². The van der Waals surface area contributed by atoms with E-state index in [0.717, 1.165) is 37.6 Å². The fourth-order valence-electron chi connectivity index (χ4n) is 5.49. The van der Waals surface area contributed by atoms with E-state index < -0.39 is 23.3 Å². The van der Waals surface area contributed by atoms with Gasteiger partial charge in [-0.05, 0) is 63.6 Å². The van der Waals surface area contributed by atoms with E-state index in [4.69, 9.17) is 0 Å². The monoisotopic (exact) mass is 449 g/mol. The van der Waals surface area contributed by atoms with E-state index in [9.17, 15) is 22.8 Å². The van der Waals surface area contributed by atoms with Crippen LogP contribution in [0.15, 0.2) is 28.0 Å². The standard InChI is InChI=1S/C22H26F3N5O2/c23-22(24,25)14-6-9-29(10-7-14)12-13-1-3-15(4-2-13)30-18-16-5-8-26-19(16)27-11-17(18)20(31)28-21(30)32/h5,8,11,13-15H,1-4,6-7,9-10,12H2,(H,26,27)(H,28,31,32). The molecule has 0 amide bonds. The molecule has 10 heteroatoms. The topological polar surface area (TPSA) is 86.8 Å². The second-order valence-corrected chi connectivity index (χ2v) is 9.18. The molecule has 1 saturated heterocycles. The SMILES string of the molecule is O=c1[nH]c(=O)n(C2CCC(CN3CCC(C(F)(F)F)CC3)CC2)c2c1cnc1[nH]ccc12. The van der Waals surface area contributed by atoms with Crippen LogP contribution >= 0.6 is 0 Å². The molecule has 172 valence electrons. The number of nitrogens with zero attached hydrogens (tertiary/aromatic N) is 3. The first-order valence-corrected chi connectivity index (χ1v) is 11.2. The number of nitrogens with one attached hydrogen (secondary N) is 2. The normalized spacial score (nSPS) is 23.8. The van der Waals surface area contributed by atoms with Crippen molar-refractivity contribution < 1.29 is 13.2 Å². The van der Waals surface area contributed by atoms with Gasteiger partial charge in [0.25, 0.3) is 5.56 Å². The number of halogens is 3. The molecular formula is C22H26F3N5O2. The molecule has 1 saturated carbocycles. The molecule has 0 unspecified atom stereocenters. The quantitative estimate of drug-likeness (QED) is 0.640. The molecule has 32 heavy (non-hydrogen) atoms. The zero-order chi connectivity index (χ0) is 22.5. The number of piperidine rings is 1. The number of aromatic amines is 2. The van der Waals surface area contributed by atoms with E-state index in [0.29, 0.717) is 35.6 Å². The molecule has 1 aliphatic carbocycles. The Morgan fingerprint density at radius 1 is 1.03 bits per heavy atom. The lowest BCUT2D eigenvalue weighted by molar-refractivity contribution is -0.185. The molecule has 2 fully saturated rings. The number of H-pyrrole nitrogens is 2. The van der Waals surface area contributed by atoms with Gasteiger partial charge < -0.3 is 9.88 Å². The third-order valence-corrected chi connectivity index (χ3v) is 7.23. The van der Waals surface area contributed by atoms with Gasteiger partial charge in [0, 0.05) is 30.4 Å². The number of hydrogen-bond acceptors (Lipinski definition) is 4. The number of rotatable bonds is 3. The van der Waals surface area contributed by atoms with Crippen LogP contribution in [0.2, 0.25) is 0 Å². The number of fused-ring (bicyclic) bond motifs is 3. The molecular weight excluding hydrogens is 423 g/mol. The van der Waals surface area contributed by atoms with Gasteiger partial charge in [0.1, 0.15) is 5.65 Å². The summed E-state index contributed by atoms with van der Waals surface area (Å²) in [5, 5.41) is 1.15. The van der Waals surface area contributed by atoms with Crippen molar-refractivity contribution in [1.29, 1.82) is 0 Å². The van der Waals surface area contributed by atoms with Gasteiger partial charge in [0.2, 0.25) is 0 Å². The van der Waals surface area contributed by atoms with Crippen molar-refractivity contribution in [1.82, 2.24) is 24.4 Å². The van der Waals surface area contributed by atoms with Crippen LogP contribution in [0.1, 0.15) is 44.6 Å². The molecule has 0 radical (unpaired) electrons. The zero-order valence-corrected chi connectivity index (χ0v) is 17.6. The maximum Gasteiger partial charge on any atom is 0.391 e. The Morgan fingerprint density at radius 3 is 2.44 bits per heavy atom. The van der Waals surface area contributed by atoms with Gasteiger partial charge >= 0.3 is 11.9 Å². The summed E-state index contributed by atoms with van der Waals surface area (Å²) in [5.41, 5.74) is 0.400. The van der Waals surface area contributed by atoms with Gasteiger partial charge in [-0.2, -0.15) is 13.2 Å². The van der Waals surface area contributed by atoms with Crippen LogP contribution in [-0.2, 0) is 0 Å². The largest absolute Gasteiger partial charge is 0.391 e. The first kappa shape index (κ1) is 21.2. The fraction of sp³-hybridized carbons (Fsp3) is 0.591. The molecule has 7 nitrogen and oxygen atoms in total. The Kier molecular flexibility index (Phi) is 5.35. The molecule has 4 heterocycles. The van der Waals surface area contributed by atoms with E-state index in [2.05, 4.69) is 19.9 Å². The average Bonchev–Trinajstić information content (AvgIpc) is 3.24. The predicted molar refractivity (Wildman–Crippen MR) is 115 cm³/mol. The molecule has 0 aromatic carbocycles. The third-order valence-electron chi connectivity index (χ3n) is 7.23. The van der Waals surface area contributed by atoms with Crippen LogP contribution in [0.25, 0.3) is 21.9 Å². The van der Waals surface area contributed by atoms with Gasteiger partial charge in [-0.25, -0.2) is 9.78 Å². The van der Waals surface area contributed by atoms with Crippen molar-refractivity contribution in [2.24, 2.45) is 11.8 Å². The highest BCUT2D eigenvalue weighted by atomic mass is 19.4. The summed E-state index contributed by atoms with van der Waals surface area (Å²) in [6.07, 6.45) is 2.90. The maximum absolute atomic E-state index is 12.9. The third kappa shape index (κ3) is 3.85. The Bertz CT molecular complexity index is 1230. The van der Waals surface area contributed by atoms with Crippen molar-refractivity contribution in [3.63, 3.8) is 0 Å². The van der Waals surface area contributed by atoms with Crippen molar-refractivity contribution in [2.45, 2.75) is 50.7 Å². The Morgan fingerprint density at radius 2 is 1.75 bits per heavy atom. The molecule has 3 aromatic heterocycles. The molecule has 3 aromatic rings. The number of pyridine rings is 1. The minimum Gasteiger partial charge on any atom is -0.346 e. The van der Waals surface area contributed by atoms with Crippen LogP contribution in [0, 0.1) is 11.8 Å². The Hall–Kier alpha value is -2.62. The van der Waals surface area contributed by atoms with Crippen LogP contribution in [-0.4, -0.2) is 50.2 Å². The number of hydrogen-bond donors (Lipinski definition) is 2. The molecule has 2 N–H and O–H groups in total. The molecule has 1 aliphatic heterocycles. The minimum atomic E-state index is -4.09. The van der Waals surface area contributed by atoms with E-state index in [-0.39, 0.29) is 18.9 Å². The van der Waals surface area contributed by atoms with Crippen molar-refractivity contribution in [3.8, 4) is 0 Å². The first-order chi connectivity index (χ1) is 15.3. The molecule has 2 aliphatic rings. The lowest BCUT2D eigenvalue weighted by atomic mass is 9.84. The second-order valence-electron chi connectivity index (χ2n) is 9.18. The van der Waals surface area contributed by atoms with Gasteiger partial charge in [-0.1, -0.05) is 0 Å². The summed E-state index contributed by atoms with van der Waals surface area (Å²) >= 11 is 0. The summed E-state index contributed by atoms with van der Waals surface area (Å²) < 4.78 is 40.4. The lowest BCUT2D eigenvalue weighted by Crippen LogP contribution is -2.42. The number of alkyl halides is 3. The van der Waals surface area contributed by atoms with Crippen LogP contribution in [0.4, 0.5) is 13.2 Å². The minimum absolute atomic E-state index is 0.0328. The highest BCUT2D eigenvalue weighted by molar-refractivity contribution is 6.01. The summed E-state index contributed by atoms with van der Waals surface area (Å²) in [7, 11) is 0. The molecule has 5 rings (SSSR count). The highest BCUT2D eigenvalue weighted by Gasteiger charge is 2.41. The molecule has 0 atom stereocenters. The van der Waals surface area contributed by atoms with Gasteiger partial charge in [0.15, 0.2) is 0 Å². The second kappa shape index (κ2) is 8.06. The molecule has 0 bridgehead atoms. The maximum atomic E-state index is 12.9. The lowest BCUT2D eigenvalue weighted by Gasteiger charge is -2.37. The summed E-state index contributed by atoms with van der Waals surface area (Å²) in [6.45, 7) is 1.80. The van der Waals surface area contributed by atoms with Gasteiger partial charge in [-0.3, -0.25) is 14.3 Å². The van der Waals surface area contributed by atoms with Crippen molar-refractivity contribution >= 4 is 21.9 Å². The number of likely N-dealkylation sites (tertiary alicyclic amines) is 1. The van der Waals surface area contributed by atoms with Crippen LogP contribution in [0.3, 0.4) is 0 Å². The summed E-state index contributed by atoms with van der Waals surface area (Å²) in [4.78, 5) is 37.1. The Balaban J connectivity index is 1.31. The van der Waals surface area contributed by atoms with E-state index >= 15 is 0 Å². The van der Waals surface area contributed by atoms with E-state index in [1.54, 1.807) is 10.8 Å². The summed E-state index contributed by atoms with van der Waals surface area (Å²) in [5.74, 6) is -0.762. The van der Waals surface area contributed by atoms with Crippen LogP contribution in [0.5, 0.6) is 0 Å². The molecule has 0 spiro atoms. The van der Waals surface area contributed by atoms with E-state index in [1.165, 1.54) is 6.20 Å². The fourth-order valence-corrected chi connectivity index (χ4v) is 5.49. The van der Waals surface area contributed by atoms with Crippen molar-refractivity contribution in [2.75, 3.05) is 19.6 Å². The predicted octanol–water partition coefficient (Wildman–Crippen LogP) is 3.57. The Labute approximate surface area is 181 Å².